The number of nitrogens with one attached hydrogen (secondary N) is 1. The van der Waals surface area contributed by atoms with E-state index in [2.05, 4.69) is 5.32 Å². The number of halogens is 3. The molecule has 8 nitrogen and oxygen atoms in total. The predicted molar refractivity (Wildman–Crippen MR) is 112 cm³/mol. The van der Waals surface area contributed by atoms with Gasteiger partial charge in [-0.1, -0.05) is 12.2 Å². The maximum absolute atomic E-state index is 13.9. The summed E-state index contributed by atoms with van der Waals surface area (Å²) < 4.78 is 42.1. The zero-order valence-corrected chi connectivity index (χ0v) is 17.8. The van der Waals surface area contributed by atoms with Gasteiger partial charge in [0.2, 0.25) is 5.43 Å². The standard InChI is InChI=1S/C22H21F3N4O4/c1-11-4-3-5-12(2)29-10-27(11)22(33)18-20(31)19(30)15(9-28(18)29)21(32)26-8-14-16(24)6-13(23)7-17(14)25/h3-4,6-7,9,11-12,31H,5,8,10H2,1-2H3,(H,26,32)/t11-,12+/m0/s1. The van der Waals surface area contributed by atoms with E-state index in [0.717, 1.165) is 6.20 Å². The van der Waals surface area contributed by atoms with E-state index in [1.807, 2.05) is 26.0 Å². The summed E-state index contributed by atoms with van der Waals surface area (Å²) in [5.74, 6) is -5.99. The van der Waals surface area contributed by atoms with Crippen molar-refractivity contribution in [3.05, 3.63) is 75.0 Å². The molecule has 0 spiro atoms. The molecule has 33 heavy (non-hydrogen) atoms. The van der Waals surface area contributed by atoms with Crippen molar-refractivity contribution in [3.63, 3.8) is 0 Å². The van der Waals surface area contributed by atoms with Crippen molar-refractivity contribution >= 4 is 11.8 Å². The van der Waals surface area contributed by atoms with Crippen LogP contribution < -0.4 is 15.8 Å². The van der Waals surface area contributed by atoms with Gasteiger partial charge in [-0.3, -0.25) is 24.1 Å². The van der Waals surface area contributed by atoms with Gasteiger partial charge in [0.25, 0.3) is 11.8 Å². The molecule has 0 unspecified atom stereocenters. The summed E-state index contributed by atoms with van der Waals surface area (Å²) in [5.41, 5.74) is -2.47. The number of hydrogen-bond acceptors (Lipinski definition) is 5. The Balaban J connectivity index is 1.71. The molecular formula is C22H21F3N4O4. The number of amides is 2. The SMILES string of the molecule is C[C@@H]1CC=C[C@H](C)N2CN1n1cc(C(=O)NCc3c(F)cc(F)cc3F)c(=O)c(O)c1C2=O. The number of rotatable bonds is 3. The minimum Gasteiger partial charge on any atom is -0.502 e. The molecule has 2 bridgehead atoms. The molecule has 1 aromatic carbocycles. The second-order valence-corrected chi connectivity index (χ2v) is 8.05. The van der Waals surface area contributed by atoms with E-state index >= 15 is 0 Å². The quantitative estimate of drug-likeness (QED) is 0.681. The molecule has 11 heteroatoms. The first-order valence-electron chi connectivity index (χ1n) is 10.2. The monoisotopic (exact) mass is 462 g/mol. The number of carbonyl (C=O) groups excluding carboxylic acids is 2. The van der Waals surface area contributed by atoms with Gasteiger partial charge < -0.3 is 15.3 Å². The number of carbonyl (C=O) groups is 2. The molecule has 4 rings (SSSR count). The van der Waals surface area contributed by atoms with Crippen molar-refractivity contribution < 1.29 is 27.9 Å². The van der Waals surface area contributed by atoms with Crippen molar-refractivity contribution in [2.24, 2.45) is 0 Å². The Kier molecular flexibility index (Phi) is 5.64. The van der Waals surface area contributed by atoms with Crippen LogP contribution in [-0.2, 0) is 6.54 Å². The molecule has 1 aromatic heterocycles. The van der Waals surface area contributed by atoms with Crippen LogP contribution in [0.4, 0.5) is 13.2 Å². The molecule has 0 saturated heterocycles. The zero-order chi connectivity index (χ0) is 24.0. The van der Waals surface area contributed by atoms with Crippen LogP contribution in [-0.4, -0.2) is 45.2 Å². The third kappa shape index (κ3) is 3.83. The number of aromatic hydroxyl groups is 1. The average Bonchev–Trinajstić information content (AvgIpc) is 2.74. The van der Waals surface area contributed by atoms with Gasteiger partial charge in [-0.2, -0.15) is 0 Å². The van der Waals surface area contributed by atoms with Crippen molar-refractivity contribution in [3.8, 4) is 5.75 Å². The van der Waals surface area contributed by atoms with Crippen molar-refractivity contribution in [1.29, 1.82) is 0 Å². The van der Waals surface area contributed by atoms with Gasteiger partial charge in [-0.25, -0.2) is 13.2 Å². The first-order chi connectivity index (χ1) is 15.6. The highest BCUT2D eigenvalue weighted by Gasteiger charge is 2.38. The molecule has 2 aromatic rings. The lowest BCUT2D eigenvalue weighted by Gasteiger charge is -2.45. The minimum absolute atomic E-state index is 0.150. The third-order valence-electron chi connectivity index (χ3n) is 5.87. The van der Waals surface area contributed by atoms with E-state index in [1.54, 1.807) is 5.01 Å². The summed E-state index contributed by atoms with van der Waals surface area (Å²) >= 11 is 0. The maximum atomic E-state index is 13.9. The Bertz CT molecular complexity index is 1220. The maximum Gasteiger partial charge on any atom is 0.278 e. The summed E-state index contributed by atoms with van der Waals surface area (Å²) in [4.78, 5) is 39.9. The summed E-state index contributed by atoms with van der Waals surface area (Å²) in [7, 11) is 0. The van der Waals surface area contributed by atoms with Gasteiger partial charge in [0.1, 0.15) is 29.7 Å². The topological polar surface area (TPSA) is 94.9 Å². The summed E-state index contributed by atoms with van der Waals surface area (Å²) in [6.07, 6.45) is 5.54. The van der Waals surface area contributed by atoms with Crippen molar-refractivity contribution in [2.45, 2.75) is 38.9 Å². The van der Waals surface area contributed by atoms with E-state index in [0.29, 0.717) is 18.6 Å². The number of fused-ring (bicyclic) bond motifs is 4. The molecule has 174 valence electrons. The van der Waals surface area contributed by atoms with Gasteiger partial charge in [0.15, 0.2) is 11.4 Å². The van der Waals surface area contributed by atoms with Crippen molar-refractivity contribution in [1.82, 2.24) is 14.9 Å². The van der Waals surface area contributed by atoms with Crippen LogP contribution in [0.25, 0.3) is 0 Å². The molecule has 2 aliphatic heterocycles. The number of hydrogen-bond donors (Lipinski definition) is 2. The second-order valence-electron chi connectivity index (χ2n) is 8.05. The van der Waals surface area contributed by atoms with Gasteiger partial charge >= 0.3 is 0 Å². The number of nitrogens with zero attached hydrogens (tertiary/aromatic N) is 3. The lowest BCUT2D eigenvalue weighted by molar-refractivity contribution is 0.0634. The Labute approximate surface area is 186 Å². The smallest absolute Gasteiger partial charge is 0.278 e. The zero-order valence-electron chi connectivity index (χ0n) is 17.8. The lowest BCUT2D eigenvalue weighted by atomic mass is 10.1. The van der Waals surface area contributed by atoms with Gasteiger partial charge in [-0.15, -0.1) is 0 Å². The fraction of sp³-hybridized carbons (Fsp3) is 0.318. The van der Waals surface area contributed by atoms with Crippen LogP contribution in [0.1, 0.15) is 46.7 Å². The fourth-order valence-electron chi connectivity index (χ4n) is 3.95. The van der Waals surface area contributed by atoms with Crippen molar-refractivity contribution in [2.75, 3.05) is 11.7 Å². The highest BCUT2D eigenvalue weighted by Crippen LogP contribution is 2.26. The Morgan fingerprint density at radius 2 is 1.85 bits per heavy atom. The Hall–Kier alpha value is -3.76. The Morgan fingerprint density at radius 3 is 2.52 bits per heavy atom. The van der Waals surface area contributed by atoms with E-state index in [9.17, 15) is 32.7 Å². The van der Waals surface area contributed by atoms with Gasteiger partial charge in [-0.05, 0) is 20.3 Å². The molecular weight excluding hydrogens is 441 g/mol. The largest absolute Gasteiger partial charge is 0.502 e. The van der Waals surface area contributed by atoms with Crippen LogP contribution in [0.3, 0.4) is 0 Å². The molecule has 2 aliphatic rings. The van der Waals surface area contributed by atoms with E-state index < -0.39 is 58.1 Å². The predicted octanol–water partition coefficient (Wildman–Crippen LogP) is 1.99. The molecule has 0 aliphatic carbocycles. The van der Waals surface area contributed by atoms with Gasteiger partial charge in [0.05, 0.1) is 0 Å². The third-order valence-corrected chi connectivity index (χ3v) is 5.87. The molecule has 0 radical (unpaired) electrons. The molecule has 0 fully saturated rings. The summed E-state index contributed by atoms with van der Waals surface area (Å²) in [6.45, 7) is 3.19. The first-order valence-corrected chi connectivity index (χ1v) is 10.2. The van der Waals surface area contributed by atoms with Crippen LogP contribution in [0, 0.1) is 17.5 Å². The molecule has 2 amide bonds. The van der Waals surface area contributed by atoms with Crippen LogP contribution in [0.2, 0.25) is 0 Å². The van der Waals surface area contributed by atoms with Crippen LogP contribution in [0.15, 0.2) is 35.3 Å². The number of pyridine rings is 1. The van der Waals surface area contributed by atoms with E-state index in [-0.39, 0.29) is 24.4 Å². The summed E-state index contributed by atoms with van der Waals surface area (Å²) in [5, 5.41) is 14.5. The second kappa shape index (κ2) is 8.30. The average molecular weight is 462 g/mol. The van der Waals surface area contributed by atoms with Crippen LogP contribution >= 0.6 is 0 Å². The highest BCUT2D eigenvalue weighted by molar-refractivity contribution is 5.99. The molecule has 0 saturated carbocycles. The Morgan fingerprint density at radius 1 is 1.18 bits per heavy atom. The molecule has 3 heterocycles. The lowest BCUT2D eigenvalue weighted by Crippen LogP contribution is -2.59. The molecule has 2 atom stereocenters. The molecule has 2 N–H and O–H groups in total. The van der Waals surface area contributed by atoms with E-state index in [1.165, 1.54) is 9.58 Å². The normalized spacial score (nSPS) is 19.7. The van der Waals surface area contributed by atoms with Gasteiger partial charge in [0, 0.05) is 42.5 Å². The first kappa shape index (κ1) is 22.4. The fourth-order valence-corrected chi connectivity index (χ4v) is 3.95. The number of aromatic nitrogens is 1. The van der Waals surface area contributed by atoms with E-state index in [4.69, 9.17) is 0 Å². The highest BCUT2D eigenvalue weighted by atomic mass is 19.1. The number of benzene rings is 1. The minimum atomic E-state index is -1.19. The van der Waals surface area contributed by atoms with Crippen LogP contribution in [0.5, 0.6) is 5.75 Å². The summed E-state index contributed by atoms with van der Waals surface area (Å²) in [6, 6.07) is 0.517.